The summed E-state index contributed by atoms with van der Waals surface area (Å²) in [6, 6.07) is 48.8. The van der Waals surface area contributed by atoms with Crippen molar-refractivity contribution < 1.29 is 4.42 Å². The zero-order valence-electron chi connectivity index (χ0n) is 23.9. The van der Waals surface area contributed by atoms with E-state index in [9.17, 15) is 0 Å². The summed E-state index contributed by atoms with van der Waals surface area (Å²) in [5, 5.41) is 5.76. The van der Waals surface area contributed by atoms with Crippen molar-refractivity contribution in [1.82, 2.24) is 14.5 Å². The van der Waals surface area contributed by atoms with Gasteiger partial charge in [0.15, 0.2) is 5.82 Å². The minimum Gasteiger partial charge on any atom is -0.456 e. The van der Waals surface area contributed by atoms with Crippen molar-refractivity contribution >= 4 is 75.4 Å². The molecule has 0 aliphatic heterocycles. The molecule has 0 amide bonds. The predicted octanol–water partition coefficient (Wildman–Crippen LogP) is 11.2. The molecule has 0 spiro atoms. The highest BCUT2D eigenvalue weighted by Gasteiger charge is 2.21. The number of rotatable bonds is 3. The van der Waals surface area contributed by atoms with Gasteiger partial charge in [0.25, 0.3) is 0 Å². The number of hydrogen-bond donors (Lipinski definition) is 0. The number of hydrogen-bond acceptors (Lipinski definition) is 4. The molecule has 0 fully saturated rings. The first-order valence-electron chi connectivity index (χ1n) is 15.0. The maximum atomic E-state index is 6.50. The van der Waals surface area contributed by atoms with Gasteiger partial charge in [0, 0.05) is 48.4 Å². The van der Waals surface area contributed by atoms with Crippen LogP contribution in [0, 0.1) is 0 Å². The van der Waals surface area contributed by atoms with Gasteiger partial charge in [-0.1, -0.05) is 97.1 Å². The van der Waals surface area contributed by atoms with Crippen molar-refractivity contribution in [2.75, 3.05) is 0 Å². The Morgan fingerprint density at radius 1 is 0.556 bits per heavy atom. The summed E-state index contributed by atoms with van der Waals surface area (Å²) in [6.45, 7) is 0. The summed E-state index contributed by atoms with van der Waals surface area (Å²) in [5.74, 6) is 0.720. The molecule has 0 saturated heterocycles. The molecule has 0 aliphatic carbocycles. The molecule has 4 nitrogen and oxygen atoms in total. The van der Waals surface area contributed by atoms with Gasteiger partial charge in [0.2, 0.25) is 0 Å². The first-order chi connectivity index (χ1) is 22.3. The fourth-order valence-electron chi connectivity index (χ4n) is 6.84. The van der Waals surface area contributed by atoms with Crippen LogP contribution in [0.3, 0.4) is 0 Å². The summed E-state index contributed by atoms with van der Waals surface area (Å²) < 4.78 is 11.1. The summed E-state index contributed by atoms with van der Waals surface area (Å²) in [5.41, 5.74) is 9.10. The molecule has 5 heteroatoms. The fourth-order valence-corrected chi connectivity index (χ4v) is 7.99. The molecule has 4 heterocycles. The minimum atomic E-state index is 0.720. The Hall–Kier alpha value is -5.78. The molecule has 0 aliphatic rings. The molecule has 4 aromatic heterocycles. The van der Waals surface area contributed by atoms with Crippen LogP contribution >= 0.6 is 11.3 Å². The second kappa shape index (κ2) is 9.36. The number of furan rings is 1. The lowest BCUT2D eigenvalue weighted by Crippen LogP contribution is -1.94. The molecule has 10 aromatic rings. The van der Waals surface area contributed by atoms with E-state index in [1.54, 1.807) is 11.3 Å². The van der Waals surface area contributed by atoms with E-state index in [4.69, 9.17) is 14.4 Å². The minimum absolute atomic E-state index is 0.720. The molecule has 0 bridgehead atoms. The quantitative estimate of drug-likeness (QED) is 0.205. The highest BCUT2D eigenvalue weighted by atomic mass is 32.1. The normalized spacial score (nSPS) is 12.0. The molecule has 210 valence electrons. The number of nitrogens with zero attached hydrogens (tertiary/aromatic N) is 3. The van der Waals surface area contributed by atoms with E-state index < -0.39 is 0 Å². The third-order valence-electron chi connectivity index (χ3n) is 8.82. The van der Waals surface area contributed by atoms with Gasteiger partial charge >= 0.3 is 0 Å². The second-order valence-corrected chi connectivity index (χ2v) is 12.4. The maximum Gasteiger partial charge on any atom is 0.160 e. The molecular weight excluding hydrogens is 571 g/mol. The molecule has 0 radical (unpaired) electrons. The van der Waals surface area contributed by atoms with Crippen LogP contribution in [0.1, 0.15) is 0 Å². The van der Waals surface area contributed by atoms with Gasteiger partial charge in [0.05, 0.1) is 26.9 Å². The molecule has 0 saturated carbocycles. The highest BCUT2D eigenvalue weighted by Crippen LogP contribution is 2.44. The highest BCUT2D eigenvalue weighted by molar-refractivity contribution is 7.26. The number of thiophene rings is 1. The van der Waals surface area contributed by atoms with E-state index in [-0.39, 0.29) is 0 Å². The van der Waals surface area contributed by atoms with Gasteiger partial charge < -0.3 is 8.98 Å². The van der Waals surface area contributed by atoms with Crippen LogP contribution < -0.4 is 0 Å². The monoisotopic (exact) mass is 593 g/mol. The Morgan fingerprint density at radius 3 is 2.07 bits per heavy atom. The SMILES string of the molecule is c1ccc(-c2nc(-c3cccc4oc5ccc(-n6c7ccccc7c7ccccc76)cc5c34)c3sc4ccccc4c3n2)cc1. The van der Waals surface area contributed by atoms with E-state index in [2.05, 4.69) is 126 Å². The van der Waals surface area contributed by atoms with Crippen molar-refractivity contribution in [3.8, 4) is 28.3 Å². The first kappa shape index (κ1) is 24.6. The standard InChI is InChI=1S/C40H23N3OS/c1-2-11-24(12-3-1)40-41-37-28-15-6-9-20-35(28)45-39(37)38(42-40)29-16-10-19-34-36(29)30-23-25(21-22-33(30)44-34)43-31-17-7-4-13-26(31)27-14-5-8-18-32(27)43/h1-23H. The molecule has 6 aromatic carbocycles. The summed E-state index contributed by atoms with van der Waals surface area (Å²) in [7, 11) is 0. The van der Waals surface area contributed by atoms with Crippen molar-refractivity contribution in [3.05, 3.63) is 140 Å². The zero-order chi connectivity index (χ0) is 29.5. The number of aromatic nitrogens is 3. The van der Waals surface area contributed by atoms with Crippen molar-refractivity contribution in [1.29, 1.82) is 0 Å². The lowest BCUT2D eigenvalue weighted by molar-refractivity contribution is 0.669. The average molecular weight is 594 g/mol. The molecule has 0 atom stereocenters. The number of benzene rings is 6. The van der Waals surface area contributed by atoms with Crippen molar-refractivity contribution in [3.63, 3.8) is 0 Å². The Kier molecular flexibility index (Phi) is 5.12. The lowest BCUT2D eigenvalue weighted by Gasteiger charge is -2.10. The van der Waals surface area contributed by atoms with Crippen LogP contribution in [0.15, 0.2) is 144 Å². The Bertz CT molecular complexity index is 2720. The van der Waals surface area contributed by atoms with Gasteiger partial charge in [-0.2, -0.15) is 0 Å². The predicted molar refractivity (Wildman–Crippen MR) is 187 cm³/mol. The summed E-state index contributed by atoms with van der Waals surface area (Å²) in [6.07, 6.45) is 0. The molecule has 10 rings (SSSR count). The Morgan fingerprint density at radius 2 is 1.27 bits per heavy atom. The maximum absolute atomic E-state index is 6.50. The number of para-hydroxylation sites is 2. The van der Waals surface area contributed by atoms with E-state index >= 15 is 0 Å². The summed E-state index contributed by atoms with van der Waals surface area (Å²) in [4.78, 5) is 10.4. The Labute approximate surface area is 261 Å². The van der Waals surface area contributed by atoms with Gasteiger partial charge in [-0.05, 0) is 42.5 Å². The largest absolute Gasteiger partial charge is 0.456 e. The fraction of sp³-hybridized carbons (Fsp3) is 0. The Balaban J connectivity index is 1.29. The smallest absolute Gasteiger partial charge is 0.160 e. The molecule has 0 N–H and O–H groups in total. The van der Waals surface area contributed by atoms with Gasteiger partial charge in [-0.15, -0.1) is 11.3 Å². The summed E-state index contributed by atoms with van der Waals surface area (Å²) >= 11 is 1.75. The van der Waals surface area contributed by atoms with Crippen molar-refractivity contribution in [2.45, 2.75) is 0 Å². The van der Waals surface area contributed by atoms with Crippen LogP contribution in [-0.2, 0) is 0 Å². The van der Waals surface area contributed by atoms with Gasteiger partial charge in [0.1, 0.15) is 11.2 Å². The first-order valence-corrected chi connectivity index (χ1v) is 15.8. The molecular formula is C40H23N3OS. The second-order valence-electron chi connectivity index (χ2n) is 11.4. The van der Waals surface area contributed by atoms with E-state index in [0.29, 0.717) is 0 Å². The van der Waals surface area contributed by atoms with Crippen LogP contribution in [0.5, 0.6) is 0 Å². The van der Waals surface area contributed by atoms with Crippen LogP contribution in [0.4, 0.5) is 0 Å². The lowest BCUT2D eigenvalue weighted by atomic mass is 10.0. The van der Waals surface area contributed by atoms with E-state index in [1.807, 2.05) is 18.2 Å². The molecule has 0 unspecified atom stereocenters. The third kappa shape index (κ3) is 3.59. The number of fused-ring (bicyclic) bond motifs is 9. The average Bonchev–Trinajstić information content (AvgIpc) is 3.77. The van der Waals surface area contributed by atoms with Crippen LogP contribution in [0.25, 0.3) is 92.4 Å². The van der Waals surface area contributed by atoms with E-state index in [0.717, 1.165) is 65.9 Å². The van der Waals surface area contributed by atoms with Crippen LogP contribution in [0.2, 0.25) is 0 Å². The van der Waals surface area contributed by atoms with Crippen LogP contribution in [-0.4, -0.2) is 14.5 Å². The van der Waals surface area contributed by atoms with Crippen molar-refractivity contribution in [2.24, 2.45) is 0 Å². The topological polar surface area (TPSA) is 43.9 Å². The van der Waals surface area contributed by atoms with Gasteiger partial charge in [-0.3, -0.25) is 0 Å². The molecule has 45 heavy (non-hydrogen) atoms. The van der Waals surface area contributed by atoms with Gasteiger partial charge in [-0.25, -0.2) is 9.97 Å². The van der Waals surface area contributed by atoms with E-state index in [1.165, 1.54) is 26.5 Å². The zero-order valence-corrected chi connectivity index (χ0v) is 24.8. The third-order valence-corrected chi connectivity index (χ3v) is 9.99.